The van der Waals surface area contributed by atoms with Gasteiger partial charge < -0.3 is 10.0 Å². The molecule has 4 heteroatoms. The van der Waals surface area contributed by atoms with Crippen LogP contribution < -0.4 is 0 Å². The first-order valence-corrected chi connectivity index (χ1v) is 7.65. The monoisotopic (exact) mass is 290 g/mol. The van der Waals surface area contributed by atoms with Gasteiger partial charge in [0, 0.05) is 38.1 Å². The molecule has 21 heavy (non-hydrogen) atoms. The van der Waals surface area contributed by atoms with E-state index in [1.54, 1.807) is 4.90 Å². The molecule has 1 N–H and O–H groups in total. The third-order valence-corrected chi connectivity index (χ3v) is 4.22. The molecule has 116 valence electrons. The summed E-state index contributed by atoms with van der Waals surface area (Å²) in [6.45, 7) is 10.2. The lowest BCUT2D eigenvalue weighted by Crippen LogP contribution is -2.53. The number of aliphatic hydroxyl groups is 1. The number of hydrogen-bond donors (Lipinski definition) is 1. The van der Waals surface area contributed by atoms with Crippen molar-refractivity contribution >= 4 is 5.91 Å². The summed E-state index contributed by atoms with van der Waals surface area (Å²) in [6, 6.07) is 10.5. The predicted molar refractivity (Wildman–Crippen MR) is 84.2 cm³/mol. The van der Waals surface area contributed by atoms with E-state index in [4.69, 9.17) is 0 Å². The number of rotatable bonds is 4. The average Bonchev–Trinajstić information content (AvgIpc) is 2.48. The Morgan fingerprint density at radius 1 is 1.19 bits per heavy atom. The molecule has 4 nitrogen and oxygen atoms in total. The van der Waals surface area contributed by atoms with Crippen LogP contribution in [0, 0.1) is 0 Å². The minimum Gasteiger partial charge on any atom is -0.384 e. The maximum absolute atomic E-state index is 11.8. The second kappa shape index (κ2) is 6.58. The average molecular weight is 290 g/mol. The van der Waals surface area contributed by atoms with Crippen molar-refractivity contribution in [3.8, 4) is 0 Å². The largest absolute Gasteiger partial charge is 0.384 e. The molecule has 1 amide bonds. The quantitative estimate of drug-likeness (QED) is 0.913. The van der Waals surface area contributed by atoms with Gasteiger partial charge in [-0.05, 0) is 12.5 Å². The molecule has 2 rings (SSSR count). The summed E-state index contributed by atoms with van der Waals surface area (Å²) in [5.41, 5.74) is 1.44. The molecule has 1 unspecified atom stereocenters. The zero-order valence-corrected chi connectivity index (χ0v) is 13.2. The Labute approximate surface area is 127 Å². The lowest BCUT2D eigenvalue weighted by Gasteiger charge is -2.39. The third-order valence-electron chi connectivity index (χ3n) is 4.22. The highest BCUT2D eigenvalue weighted by Gasteiger charge is 2.28. The van der Waals surface area contributed by atoms with E-state index in [0.717, 1.165) is 19.6 Å². The lowest BCUT2D eigenvalue weighted by molar-refractivity contribution is -0.141. The van der Waals surface area contributed by atoms with Crippen LogP contribution in [0.1, 0.15) is 26.3 Å². The number of carbonyl (C=O) groups is 1. The smallest absolute Gasteiger partial charge is 0.251 e. The Morgan fingerprint density at radius 3 is 2.29 bits per heavy atom. The topological polar surface area (TPSA) is 43.8 Å². The normalized spacial score (nSPS) is 18.6. The molecule has 0 radical (unpaired) electrons. The van der Waals surface area contributed by atoms with Crippen LogP contribution >= 0.6 is 0 Å². The van der Waals surface area contributed by atoms with Gasteiger partial charge in [0.2, 0.25) is 0 Å². The molecule has 1 saturated heterocycles. The summed E-state index contributed by atoms with van der Waals surface area (Å²) in [4.78, 5) is 15.9. The fourth-order valence-electron chi connectivity index (χ4n) is 2.93. The van der Waals surface area contributed by atoms with Crippen LogP contribution in [-0.4, -0.2) is 59.6 Å². The van der Waals surface area contributed by atoms with Crippen molar-refractivity contribution in [3.63, 3.8) is 0 Å². The minimum atomic E-state index is -0.891. The van der Waals surface area contributed by atoms with Gasteiger partial charge in [-0.2, -0.15) is 0 Å². The van der Waals surface area contributed by atoms with E-state index in [1.807, 2.05) is 6.07 Å². The molecule has 0 bridgehead atoms. The van der Waals surface area contributed by atoms with Crippen LogP contribution in [0.15, 0.2) is 30.3 Å². The van der Waals surface area contributed by atoms with E-state index in [9.17, 15) is 9.90 Å². The highest BCUT2D eigenvalue weighted by molar-refractivity contribution is 5.80. The van der Waals surface area contributed by atoms with Gasteiger partial charge in [-0.1, -0.05) is 44.2 Å². The van der Waals surface area contributed by atoms with Gasteiger partial charge >= 0.3 is 0 Å². The summed E-state index contributed by atoms with van der Waals surface area (Å²) in [5, 5.41) is 9.37. The molecule has 0 aliphatic carbocycles. The van der Waals surface area contributed by atoms with E-state index in [0.29, 0.717) is 13.1 Å². The van der Waals surface area contributed by atoms with Crippen molar-refractivity contribution in [3.05, 3.63) is 35.9 Å². The van der Waals surface area contributed by atoms with Crippen LogP contribution in [0.3, 0.4) is 0 Å². The van der Waals surface area contributed by atoms with Crippen LogP contribution in [0.4, 0.5) is 0 Å². The van der Waals surface area contributed by atoms with Crippen molar-refractivity contribution < 1.29 is 9.90 Å². The molecule has 0 spiro atoms. The molecule has 1 aliphatic rings. The van der Waals surface area contributed by atoms with Crippen molar-refractivity contribution in [2.45, 2.75) is 32.3 Å². The summed E-state index contributed by atoms with van der Waals surface area (Å²) < 4.78 is 0. The first kappa shape index (κ1) is 16.0. The molecule has 0 saturated carbocycles. The number of aliphatic hydroxyl groups excluding tert-OH is 1. The molecule has 0 aromatic heterocycles. The Morgan fingerprint density at radius 2 is 1.76 bits per heavy atom. The van der Waals surface area contributed by atoms with E-state index >= 15 is 0 Å². The number of benzene rings is 1. The molecule has 1 aliphatic heterocycles. The Balaban J connectivity index is 1.90. The summed E-state index contributed by atoms with van der Waals surface area (Å²) in [6.07, 6.45) is -0.891. The standard InChI is InChI=1S/C17H26N2O2/c1-14(20)16(21)19-11-9-18(10-12-19)13-17(2,3)15-7-5-4-6-8-15/h4-8,14,20H,9-13H2,1-3H3. The van der Waals surface area contributed by atoms with Crippen LogP contribution in [0.25, 0.3) is 0 Å². The predicted octanol–water partition coefficient (Wildman–Crippen LogP) is 1.49. The van der Waals surface area contributed by atoms with Crippen molar-refractivity contribution in [1.29, 1.82) is 0 Å². The summed E-state index contributed by atoms with van der Waals surface area (Å²) >= 11 is 0. The number of hydrogen-bond acceptors (Lipinski definition) is 3. The van der Waals surface area contributed by atoms with Gasteiger partial charge in [0.05, 0.1) is 0 Å². The van der Waals surface area contributed by atoms with E-state index in [2.05, 4.69) is 43.0 Å². The first-order valence-electron chi connectivity index (χ1n) is 7.65. The van der Waals surface area contributed by atoms with Gasteiger partial charge in [0.15, 0.2) is 0 Å². The number of piperazine rings is 1. The van der Waals surface area contributed by atoms with Crippen molar-refractivity contribution in [2.24, 2.45) is 0 Å². The number of nitrogens with zero attached hydrogens (tertiary/aromatic N) is 2. The number of carbonyl (C=O) groups excluding carboxylic acids is 1. The van der Waals surface area contributed by atoms with Gasteiger partial charge in [0.25, 0.3) is 5.91 Å². The summed E-state index contributed by atoms with van der Waals surface area (Å²) in [5.74, 6) is -0.156. The summed E-state index contributed by atoms with van der Waals surface area (Å²) in [7, 11) is 0. The number of amides is 1. The highest BCUT2D eigenvalue weighted by atomic mass is 16.3. The molecule has 1 atom stereocenters. The Hall–Kier alpha value is -1.39. The van der Waals surface area contributed by atoms with Gasteiger partial charge in [-0.25, -0.2) is 0 Å². The molecular weight excluding hydrogens is 264 g/mol. The fourth-order valence-corrected chi connectivity index (χ4v) is 2.93. The SMILES string of the molecule is CC(O)C(=O)N1CCN(CC(C)(C)c2ccccc2)CC1. The van der Waals surface area contributed by atoms with E-state index < -0.39 is 6.10 Å². The molecule has 1 fully saturated rings. The molecule has 1 heterocycles. The fraction of sp³-hybridized carbons (Fsp3) is 0.588. The van der Waals surface area contributed by atoms with Crippen molar-refractivity contribution in [1.82, 2.24) is 9.80 Å². The maximum Gasteiger partial charge on any atom is 0.251 e. The Kier molecular flexibility index (Phi) is 5.01. The second-order valence-electron chi connectivity index (χ2n) is 6.53. The molecule has 1 aromatic carbocycles. The van der Waals surface area contributed by atoms with Crippen LogP contribution in [0.2, 0.25) is 0 Å². The van der Waals surface area contributed by atoms with Gasteiger partial charge in [-0.15, -0.1) is 0 Å². The molecule has 1 aromatic rings. The first-order chi connectivity index (χ1) is 9.90. The highest BCUT2D eigenvalue weighted by Crippen LogP contribution is 2.24. The van der Waals surface area contributed by atoms with E-state index in [-0.39, 0.29) is 11.3 Å². The zero-order chi connectivity index (χ0) is 15.5. The Bertz CT molecular complexity index is 463. The van der Waals surface area contributed by atoms with E-state index in [1.165, 1.54) is 12.5 Å². The van der Waals surface area contributed by atoms with Gasteiger partial charge in [-0.3, -0.25) is 9.69 Å². The van der Waals surface area contributed by atoms with Crippen LogP contribution in [0.5, 0.6) is 0 Å². The zero-order valence-electron chi connectivity index (χ0n) is 13.2. The van der Waals surface area contributed by atoms with Crippen molar-refractivity contribution in [2.75, 3.05) is 32.7 Å². The van der Waals surface area contributed by atoms with Crippen LogP contribution in [-0.2, 0) is 10.2 Å². The maximum atomic E-state index is 11.8. The van der Waals surface area contributed by atoms with Gasteiger partial charge in [0.1, 0.15) is 6.10 Å². The molecular formula is C17H26N2O2. The second-order valence-corrected chi connectivity index (χ2v) is 6.53. The third kappa shape index (κ3) is 4.05. The lowest BCUT2D eigenvalue weighted by atomic mass is 9.84. The minimum absolute atomic E-state index is 0.0949.